The van der Waals surface area contributed by atoms with Gasteiger partial charge in [0.2, 0.25) is 0 Å². The van der Waals surface area contributed by atoms with E-state index in [0.29, 0.717) is 32.1 Å². The number of methoxy groups -OCH3 is 1. The predicted molar refractivity (Wildman–Crippen MR) is 331 cm³/mol. The molecule has 0 bridgehead atoms. The minimum atomic E-state index is -5.33. The van der Waals surface area contributed by atoms with Crippen molar-refractivity contribution in [1.29, 1.82) is 0 Å². The third-order valence-corrected chi connectivity index (χ3v) is 24.2. The van der Waals surface area contributed by atoms with Crippen LogP contribution in [0.15, 0.2) is 23.3 Å². The highest BCUT2D eigenvalue weighted by molar-refractivity contribution is 7.81. The van der Waals surface area contributed by atoms with Crippen LogP contribution in [0.1, 0.15) is 121 Å². The monoisotopic (exact) mass is 1490 g/mol. The Balaban J connectivity index is 0.989. The van der Waals surface area contributed by atoms with Crippen LogP contribution in [0, 0.1) is 39.4 Å². The fourth-order valence-corrected chi connectivity index (χ4v) is 18.6. The molecule has 0 aromatic rings. The molecule has 5 heterocycles. The van der Waals surface area contributed by atoms with Crippen LogP contribution in [-0.2, 0) is 105 Å². The second-order valence-corrected chi connectivity index (χ2v) is 32.7. The molecule has 13 N–H and O–H groups in total. The highest BCUT2D eigenvalue weighted by atomic mass is 32.3. The molecule has 8 fully saturated rings. The highest BCUT2D eigenvalue weighted by Crippen LogP contribution is 2.74. The molecule has 4 aliphatic carbocycles. The summed E-state index contributed by atoms with van der Waals surface area (Å²) in [7, 11) is -14.8. The maximum absolute atomic E-state index is 12.6. The highest BCUT2D eigenvalue weighted by Gasteiger charge is 2.69. The molecule has 5 saturated heterocycles. The number of ether oxygens (including phenoxy) is 12. The van der Waals surface area contributed by atoms with Crippen molar-refractivity contribution < 1.29 is 164 Å². The van der Waals surface area contributed by atoms with E-state index >= 15 is 0 Å². The van der Waals surface area contributed by atoms with Gasteiger partial charge in [0, 0.05) is 20.5 Å². The Morgan fingerprint density at radius 1 is 0.626 bits per heavy atom. The summed E-state index contributed by atoms with van der Waals surface area (Å²) in [5.74, 6) is -0.656. The summed E-state index contributed by atoms with van der Waals surface area (Å²) in [5, 5.41) is 115. The van der Waals surface area contributed by atoms with Crippen LogP contribution in [-0.4, -0.2) is 289 Å². The molecule has 0 aromatic carbocycles. The predicted octanol–water partition coefficient (Wildman–Crippen LogP) is -1.45. The molecule has 0 aromatic heterocycles. The molecule has 5 aliphatic heterocycles. The fraction of sp³-hybridized carbons (Fsp3) is 0.918. The molecule has 99 heavy (non-hydrogen) atoms. The zero-order valence-electron chi connectivity index (χ0n) is 56.8. The number of aliphatic hydroxyl groups excluding tert-OH is 9. The van der Waals surface area contributed by atoms with E-state index in [9.17, 15) is 94.8 Å². The van der Waals surface area contributed by atoms with Gasteiger partial charge in [0.25, 0.3) is 0 Å². The van der Waals surface area contributed by atoms with Crippen LogP contribution in [0.2, 0.25) is 0 Å². The van der Waals surface area contributed by atoms with Crippen LogP contribution < -0.4 is 0 Å². The SMILES string of the molecule is CO[C@@H]1[C@@H](O)[C@H](O[C@@H]2[C@@H](O)[C@H](O[C@H]3[C@H](O)[C@@H](O[C@@H]4OC[C@@H](O)[C@H](O)[C@H]4O)[C@H](O[C@H]4[C@H](O[C@H]5CC[C@]6(C)[C@@H]7CC[C@]8(C)[C@@H]([C@@](C)(O)[C@@H](CC=C(C)C)OC(C)=O)CC[C@@]8(C)C7=CC[C@H]6C5(C)C)OC[C@@H](OS(=O)(=O)O)[C@@H]4O)O[C@@H]3C)O[C@H](COS(=O)(=O)O)[C@H]2O)O[C@H](COS(=O)(=O)O)[C@H]1O. The van der Waals surface area contributed by atoms with Gasteiger partial charge in [-0.1, -0.05) is 57.9 Å². The first kappa shape index (κ1) is 80.8. The lowest BCUT2D eigenvalue weighted by atomic mass is 9.40. The van der Waals surface area contributed by atoms with Crippen molar-refractivity contribution >= 4 is 37.2 Å². The molecule has 9 rings (SSSR count). The number of aliphatic hydroxyl groups is 10. The minimum Gasteiger partial charge on any atom is -0.459 e. The van der Waals surface area contributed by atoms with Crippen molar-refractivity contribution in [1.82, 2.24) is 0 Å². The average Bonchev–Trinajstić information content (AvgIpc) is 1.64. The maximum Gasteiger partial charge on any atom is 0.397 e. The zero-order valence-corrected chi connectivity index (χ0v) is 59.3. The first-order valence-corrected chi connectivity index (χ1v) is 37.1. The van der Waals surface area contributed by atoms with Crippen molar-refractivity contribution in [2.45, 2.75) is 280 Å². The second kappa shape index (κ2) is 30.5. The lowest BCUT2D eigenvalue weighted by molar-refractivity contribution is -0.403. The van der Waals surface area contributed by atoms with E-state index in [1.807, 2.05) is 33.8 Å². The lowest BCUT2D eigenvalue weighted by Crippen LogP contribution is -2.68. The molecule has 0 spiro atoms. The Morgan fingerprint density at radius 3 is 1.76 bits per heavy atom. The smallest absolute Gasteiger partial charge is 0.397 e. The van der Waals surface area contributed by atoms with Crippen molar-refractivity contribution in [3.63, 3.8) is 0 Å². The van der Waals surface area contributed by atoms with Gasteiger partial charge in [-0.15, -0.1) is 0 Å². The standard InChI is InChI=1S/C61H100O35S3/c1-26(2)12-15-38(88-28(4)62)61(10,72)36-17-21-59(8)30-13-14-35-57(5,6)37(18-19-58(35,7)29(30)16-20-60(36,59)9)91-55-50(42(67)34(23-84-55)96-99(79,80)81)95-56-51(94-52-43(68)39(64)31(63)22-83-52)44(69)47(27(3)87-56)92-54-46(71)49(41(66)33(90-54)25-86-98(76,77)78)93-53-45(70)48(82-11)40(65)32(89-53)24-85-97(73,74)75/h12-13,27,29,31-56,63-72H,14-25H2,1-11H3,(H,73,74,75)(H,76,77,78)(H,79,80,81)/t27-,29-,31-,32-,33-,34-,35+,36+,37+,38-,39+,40-,41-,42+,43-,44+,45-,46-,47-,48+,49+,50-,51-,52+,53+,54+,55+,56+,58-,59+,60-,61-/m1/s1. The quantitative estimate of drug-likeness (QED) is 0.0299. The molecular weight excluding hydrogens is 1390 g/mol. The largest absolute Gasteiger partial charge is 0.459 e. The summed E-state index contributed by atoms with van der Waals surface area (Å²) in [6.07, 6.45) is -37.8. The van der Waals surface area contributed by atoms with E-state index in [4.69, 9.17) is 61.0 Å². The van der Waals surface area contributed by atoms with Gasteiger partial charge in [0.1, 0.15) is 115 Å². The summed E-state index contributed by atoms with van der Waals surface area (Å²) in [6, 6.07) is 0. The van der Waals surface area contributed by atoms with Gasteiger partial charge in [-0.05, 0) is 112 Å². The molecular formula is C61H100O35S3. The van der Waals surface area contributed by atoms with E-state index in [1.54, 1.807) is 6.92 Å². The van der Waals surface area contributed by atoms with Gasteiger partial charge >= 0.3 is 37.2 Å². The first-order valence-electron chi connectivity index (χ1n) is 33.0. The molecule has 32 atom stereocenters. The van der Waals surface area contributed by atoms with E-state index in [2.05, 4.69) is 35.2 Å². The Bertz CT molecular complexity index is 3210. The number of hydrogen-bond acceptors (Lipinski definition) is 32. The third-order valence-electron chi connectivity index (χ3n) is 22.8. The van der Waals surface area contributed by atoms with Crippen molar-refractivity contribution in [3.05, 3.63) is 23.3 Å². The van der Waals surface area contributed by atoms with E-state index < -0.39 is 228 Å². The van der Waals surface area contributed by atoms with Crippen molar-refractivity contribution in [2.24, 2.45) is 39.4 Å². The van der Waals surface area contributed by atoms with Crippen molar-refractivity contribution in [3.8, 4) is 0 Å². The number of hydrogen-bond donors (Lipinski definition) is 13. The second-order valence-electron chi connectivity index (χ2n) is 29.5. The summed E-state index contributed by atoms with van der Waals surface area (Å²) in [4.78, 5) is 12.5. The van der Waals surface area contributed by atoms with Gasteiger partial charge in [0.05, 0.1) is 38.6 Å². The van der Waals surface area contributed by atoms with Crippen LogP contribution in [0.25, 0.3) is 0 Å². The van der Waals surface area contributed by atoms with Crippen LogP contribution in [0.4, 0.5) is 0 Å². The first-order chi connectivity index (χ1) is 45.8. The molecule has 9 aliphatic rings. The average molecular weight is 1490 g/mol. The summed E-state index contributed by atoms with van der Waals surface area (Å²) < 4.78 is 186. The normalized spacial score (nSPS) is 46.0. The molecule has 0 unspecified atom stereocenters. The third kappa shape index (κ3) is 16.8. The number of esters is 1. The van der Waals surface area contributed by atoms with E-state index in [-0.39, 0.29) is 34.0 Å². The lowest BCUT2D eigenvalue weighted by Gasteiger charge is -2.65. The van der Waals surface area contributed by atoms with E-state index in [1.165, 1.54) is 19.4 Å². The van der Waals surface area contributed by atoms with Crippen LogP contribution >= 0.6 is 0 Å². The Hall–Kier alpha value is -2.28. The van der Waals surface area contributed by atoms with Crippen molar-refractivity contribution in [2.75, 3.05) is 33.5 Å². The molecule has 0 radical (unpaired) electrons. The molecule has 572 valence electrons. The molecule has 3 saturated carbocycles. The van der Waals surface area contributed by atoms with Gasteiger partial charge in [-0.2, -0.15) is 25.3 Å². The number of rotatable bonds is 24. The minimum absolute atomic E-state index is 0.0608. The van der Waals surface area contributed by atoms with Crippen LogP contribution in [0.3, 0.4) is 0 Å². The van der Waals surface area contributed by atoms with Crippen LogP contribution in [0.5, 0.6) is 0 Å². The Labute approximate surface area is 575 Å². The fourth-order valence-electron chi connectivity index (χ4n) is 17.5. The maximum atomic E-state index is 12.6. The molecule has 35 nitrogen and oxygen atoms in total. The summed E-state index contributed by atoms with van der Waals surface area (Å²) >= 11 is 0. The topological polar surface area (TPSA) is 521 Å². The number of carbonyl (C=O) groups excluding carboxylic acids is 1. The van der Waals surface area contributed by atoms with Gasteiger partial charge in [0.15, 0.2) is 31.5 Å². The summed E-state index contributed by atoms with van der Waals surface area (Å²) in [5.41, 5.74) is -0.776. The number of allylic oxidation sites excluding steroid dienone is 3. The zero-order chi connectivity index (χ0) is 73.4. The number of fused-ring (bicyclic) bond motifs is 5. The Morgan fingerprint density at radius 2 is 1.18 bits per heavy atom. The van der Waals surface area contributed by atoms with Gasteiger partial charge in [-0.25, -0.2) is 12.5 Å². The van der Waals surface area contributed by atoms with E-state index in [0.717, 1.165) is 31.9 Å². The van der Waals surface area contributed by atoms with Gasteiger partial charge < -0.3 is 108 Å². The summed E-state index contributed by atoms with van der Waals surface area (Å²) in [6.45, 7) is 15.5. The molecule has 38 heteroatoms. The molecule has 0 amide bonds. The number of carbonyl (C=O) groups is 1. The Kier molecular flexibility index (Phi) is 24.9. The van der Waals surface area contributed by atoms with Gasteiger partial charge in [-0.3, -0.25) is 18.5 Å².